The Morgan fingerprint density at radius 3 is 2.80 bits per heavy atom. The lowest BCUT2D eigenvalue weighted by Crippen LogP contribution is -2.27. The van der Waals surface area contributed by atoms with Crippen LogP contribution in [0.15, 0.2) is 18.2 Å². The van der Waals surface area contributed by atoms with Crippen molar-refractivity contribution in [1.82, 2.24) is 4.90 Å². The molecular formula is C16H19FN2O. The van der Waals surface area contributed by atoms with Crippen LogP contribution in [0.4, 0.5) is 4.39 Å². The van der Waals surface area contributed by atoms with E-state index in [1.165, 1.54) is 12.1 Å². The lowest BCUT2D eigenvalue weighted by atomic mass is 10.1. The van der Waals surface area contributed by atoms with E-state index in [-0.39, 0.29) is 18.3 Å². The molecule has 4 heteroatoms. The van der Waals surface area contributed by atoms with Gasteiger partial charge in [0.15, 0.2) is 0 Å². The highest BCUT2D eigenvalue weighted by Gasteiger charge is 2.11. The van der Waals surface area contributed by atoms with Crippen molar-refractivity contribution >= 4 is 0 Å². The van der Waals surface area contributed by atoms with Gasteiger partial charge in [-0.2, -0.15) is 5.26 Å². The predicted molar refractivity (Wildman–Crippen MR) is 76.1 cm³/mol. The lowest BCUT2D eigenvalue weighted by molar-refractivity contribution is 0.260. The average Bonchev–Trinajstić information content (AvgIpc) is 2.46. The van der Waals surface area contributed by atoms with Gasteiger partial charge in [0.25, 0.3) is 0 Å². The van der Waals surface area contributed by atoms with E-state index in [9.17, 15) is 4.39 Å². The van der Waals surface area contributed by atoms with Gasteiger partial charge in [-0.25, -0.2) is 4.39 Å². The van der Waals surface area contributed by atoms with Crippen molar-refractivity contribution < 1.29 is 9.50 Å². The van der Waals surface area contributed by atoms with E-state index in [0.29, 0.717) is 18.7 Å². The van der Waals surface area contributed by atoms with Gasteiger partial charge in [0.2, 0.25) is 0 Å². The van der Waals surface area contributed by atoms with Crippen LogP contribution in [-0.2, 0) is 6.54 Å². The molecule has 1 N–H and O–H groups in total. The summed E-state index contributed by atoms with van der Waals surface area (Å²) in [5.74, 6) is 4.92. The second-order valence-corrected chi connectivity index (χ2v) is 4.62. The predicted octanol–water partition coefficient (Wildman–Crippen LogP) is 2.15. The number of hydrogen-bond acceptors (Lipinski definition) is 3. The maximum absolute atomic E-state index is 13.3. The van der Waals surface area contributed by atoms with E-state index in [0.717, 1.165) is 12.1 Å². The first-order chi connectivity index (χ1) is 9.60. The number of rotatable bonds is 5. The molecule has 0 aliphatic rings. The van der Waals surface area contributed by atoms with E-state index in [1.54, 1.807) is 6.07 Å². The molecule has 0 heterocycles. The van der Waals surface area contributed by atoms with Crippen molar-refractivity contribution in [2.45, 2.75) is 20.4 Å². The molecule has 1 rings (SSSR count). The van der Waals surface area contributed by atoms with E-state index >= 15 is 0 Å². The third-order valence-corrected chi connectivity index (χ3v) is 2.97. The van der Waals surface area contributed by atoms with E-state index in [4.69, 9.17) is 10.4 Å². The maximum atomic E-state index is 13.3. The third kappa shape index (κ3) is 5.01. The summed E-state index contributed by atoms with van der Waals surface area (Å²) in [6, 6.07) is 6.69. The highest BCUT2D eigenvalue weighted by Crippen LogP contribution is 2.14. The van der Waals surface area contributed by atoms with Gasteiger partial charge < -0.3 is 5.11 Å². The fraction of sp³-hybridized carbons (Fsp3) is 0.438. The molecule has 0 amide bonds. The highest BCUT2D eigenvalue weighted by molar-refractivity contribution is 5.41. The van der Waals surface area contributed by atoms with Crippen LogP contribution in [0.1, 0.15) is 25.0 Å². The Labute approximate surface area is 119 Å². The molecule has 3 nitrogen and oxygen atoms in total. The summed E-state index contributed by atoms with van der Waals surface area (Å²) in [4.78, 5) is 2.12. The molecule has 0 aromatic heterocycles. The minimum Gasteiger partial charge on any atom is -0.384 e. The molecule has 0 aliphatic heterocycles. The van der Waals surface area contributed by atoms with Crippen LogP contribution < -0.4 is 0 Å². The first-order valence-corrected chi connectivity index (χ1v) is 6.60. The smallest absolute Gasteiger partial charge is 0.124 e. The standard InChI is InChI=1S/C16H19FN2O/c1-3-19(11-13(2)10-18)12-15-6-7-16(17)9-14(15)5-4-8-20/h6-7,9,13,20H,3,8,11-12H2,1-2H3. The fourth-order valence-corrected chi connectivity index (χ4v) is 1.91. The maximum Gasteiger partial charge on any atom is 0.124 e. The Bertz CT molecular complexity index is 540. The summed E-state index contributed by atoms with van der Waals surface area (Å²) in [5, 5.41) is 17.6. The first kappa shape index (κ1) is 16.2. The van der Waals surface area contributed by atoms with Gasteiger partial charge in [-0.15, -0.1) is 0 Å². The van der Waals surface area contributed by atoms with Crippen LogP contribution in [0.3, 0.4) is 0 Å². The molecule has 0 fully saturated rings. The van der Waals surface area contributed by atoms with Crippen LogP contribution in [0.25, 0.3) is 0 Å². The lowest BCUT2D eigenvalue weighted by Gasteiger charge is -2.22. The second-order valence-electron chi connectivity index (χ2n) is 4.62. The highest BCUT2D eigenvalue weighted by atomic mass is 19.1. The number of benzene rings is 1. The van der Waals surface area contributed by atoms with Crippen molar-refractivity contribution in [2.24, 2.45) is 5.92 Å². The summed E-state index contributed by atoms with van der Waals surface area (Å²) < 4.78 is 13.3. The van der Waals surface area contributed by atoms with Crippen molar-refractivity contribution in [2.75, 3.05) is 19.7 Å². The second kappa shape index (κ2) is 8.32. The van der Waals surface area contributed by atoms with Crippen LogP contribution >= 0.6 is 0 Å². The van der Waals surface area contributed by atoms with Crippen LogP contribution in [0.2, 0.25) is 0 Å². The number of nitrogens with zero attached hydrogens (tertiary/aromatic N) is 2. The van der Waals surface area contributed by atoms with E-state index in [2.05, 4.69) is 22.8 Å². The number of halogens is 1. The molecule has 0 saturated carbocycles. The summed E-state index contributed by atoms with van der Waals surface area (Å²) >= 11 is 0. The van der Waals surface area contributed by atoms with Crippen molar-refractivity contribution in [3.63, 3.8) is 0 Å². The summed E-state index contributed by atoms with van der Waals surface area (Å²) in [5.41, 5.74) is 1.49. The minimum atomic E-state index is -0.343. The third-order valence-electron chi connectivity index (χ3n) is 2.97. The first-order valence-electron chi connectivity index (χ1n) is 6.60. The summed E-state index contributed by atoms with van der Waals surface area (Å²) in [6.45, 7) is 5.72. The van der Waals surface area contributed by atoms with Crippen molar-refractivity contribution in [1.29, 1.82) is 5.26 Å². The van der Waals surface area contributed by atoms with Crippen molar-refractivity contribution in [3.8, 4) is 17.9 Å². The largest absolute Gasteiger partial charge is 0.384 e. The number of hydrogen-bond donors (Lipinski definition) is 1. The van der Waals surface area contributed by atoms with Crippen molar-refractivity contribution in [3.05, 3.63) is 35.1 Å². The minimum absolute atomic E-state index is 0.0534. The fourth-order valence-electron chi connectivity index (χ4n) is 1.91. The van der Waals surface area contributed by atoms with E-state index in [1.807, 2.05) is 13.8 Å². The van der Waals surface area contributed by atoms with Crippen LogP contribution in [0.5, 0.6) is 0 Å². The van der Waals surface area contributed by atoms with Gasteiger partial charge in [-0.1, -0.05) is 24.8 Å². The number of nitriles is 1. The molecule has 1 aromatic rings. The molecule has 0 saturated heterocycles. The molecule has 20 heavy (non-hydrogen) atoms. The molecule has 1 aromatic carbocycles. The number of aliphatic hydroxyl groups is 1. The molecule has 106 valence electrons. The molecular weight excluding hydrogens is 255 g/mol. The zero-order chi connectivity index (χ0) is 15.0. The zero-order valence-electron chi connectivity index (χ0n) is 11.9. The number of aliphatic hydroxyl groups excluding tert-OH is 1. The average molecular weight is 274 g/mol. The van der Waals surface area contributed by atoms with Crippen LogP contribution in [-0.4, -0.2) is 29.7 Å². The van der Waals surface area contributed by atoms with Crippen LogP contribution in [0, 0.1) is 34.9 Å². The monoisotopic (exact) mass is 274 g/mol. The van der Waals surface area contributed by atoms with Gasteiger partial charge in [-0.3, -0.25) is 4.90 Å². The van der Waals surface area contributed by atoms with Gasteiger partial charge in [0.1, 0.15) is 12.4 Å². The zero-order valence-corrected chi connectivity index (χ0v) is 11.9. The molecule has 1 atom stereocenters. The van der Waals surface area contributed by atoms with Gasteiger partial charge in [0, 0.05) is 18.7 Å². The molecule has 0 spiro atoms. The molecule has 1 unspecified atom stereocenters. The molecule has 0 radical (unpaired) electrons. The quantitative estimate of drug-likeness (QED) is 0.837. The molecule has 0 bridgehead atoms. The van der Waals surface area contributed by atoms with E-state index < -0.39 is 0 Å². The Morgan fingerprint density at radius 1 is 1.45 bits per heavy atom. The Hall–Kier alpha value is -1.88. The Morgan fingerprint density at radius 2 is 2.20 bits per heavy atom. The summed E-state index contributed by atoms with van der Waals surface area (Å²) in [6.07, 6.45) is 0. The Kier molecular flexibility index (Phi) is 6.73. The van der Waals surface area contributed by atoms with Gasteiger partial charge in [0.05, 0.1) is 12.0 Å². The Balaban J connectivity index is 2.92. The van der Waals surface area contributed by atoms with Gasteiger partial charge >= 0.3 is 0 Å². The SMILES string of the molecule is CCN(Cc1ccc(F)cc1C#CCO)CC(C)C#N. The molecule has 0 aliphatic carbocycles. The summed E-state index contributed by atoms with van der Waals surface area (Å²) in [7, 11) is 0. The normalized spacial score (nSPS) is 11.6. The topological polar surface area (TPSA) is 47.3 Å². The van der Waals surface area contributed by atoms with Gasteiger partial charge in [-0.05, 0) is 31.2 Å².